The van der Waals surface area contributed by atoms with E-state index in [1.54, 1.807) is 0 Å². The Morgan fingerprint density at radius 3 is 2.32 bits per heavy atom. The first-order valence-electron chi connectivity index (χ1n) is 5.77. The first kappa shape index (κ1) is 12.0. The summed E-state index contributed by atoms with van der Waals surface area (Å²) in [4.78, 5) is 24.7. The van der Waals surface area contributed by atoms with Gasteiger partial charge in [0.05, 0.1) is 5.69 Å². The van der Waals surface area contributed by atoms with Crippen molar-refractivity contribution in [2.45, 2.75) is 25.0 Å². The van der Waals surface area contributed by atoms with Gasteiger partial charge in [0.25, 0.3) is 11.8 Å². The summed E-state index contributed by atoms with van der Waals surface area (Å²) >= 11 is 0. The van der Waals surface area contributed by atoms with Crippen LogP contribution in [0.5, 0.6) is 0 Å². The molecule has 0 aliphatic carbocycles. The minimum Gasteiger partial charge on any atom is -0.397 e. The van der Waals surface area contributed by atoms with Crippen LogP contribution in [0.2, 0.25) is 0 Å². The van der Waals surface area contributed by atoms with Gasteiger partial charge in [0.2, 0.25) is 0 Å². The van der Waals surface area contributed by atoms with E-state index in [1.165, 1.54) is 0 Å². The summed E-state index contributed by atoms with van der Waals surface area (Å²) in [5.74, 6) is -3.86. The zero-order valence-electron chi connectivity index (χ0n) is 9.73. The molecule has 2 bridgehead atoms. The van der Waals surface area contributed by atoms with Crippen LogP contribution in [0.3, 0.4) is 0 Å². The van der Waals surface area contributed by atoms with Crippen LogP contribution in [0.25, 0.3) is 0 Å². The highest BCUT2D eigenvalue weighted by Crippen LogP contribution is 2.36. The van der Waals surface area contributed by atoms with Gasteiger partial charge in [-0.2, -0.15) is 0 Å². The number of rotatable bonds is 1. The lowest BCUT2D eigenvalue weighted by atomic mass is 10.2. The number of morpholine rings is 1. The highest BCUT2D eigenvalue weighted by Gasteiger charge is 2.48. The van der Waals surface area contributed by atoms with E-state index in [-0.39, 0.29) is 5.69 Å². The molecule has 0 saturated carbocycles. The quantitative estimate of drug-likeness (QED) is 0.608. The standard InChI is InChI=1S/C12H10F2N2O3/c13-5-1-2-6(15)10(9(5)14)16-11(17)7-3-4-8(19-7)12(16)18/h1-2,7-8H,3-4,15H2. The molecule has 2 fully saturated rings. The van der Waals surface area contributed by atoms with E-state index in [4.69, 9.17) is 10.5 Å². The number of nitrogens with zero attached hydrogens (tertiary/aromatic N) is 1. The Morgan fingerprint density at radius 1 is 1.16 bits per heavy atom. The molecule has 1 aromatic rings. The van der Waals surface area contributed by atoms with E-state index >= 15 is 0 Å². The Bertz CT molecular complexity index is 569. The molecule has 2 aliphatic heterocycles. The number of ether oxygens (including phenoxy) is 1. The Labute approximate surface area is 106 Å². The predicted molar refractivity (Wildman–Crippen MR) is 61.2 cm³/mol. The number of anilines is 2. The molecule has 2 aliphatic rings. The van der Waals surface area contributed by atoms with E-state index < -0.39 is 41.3 Å². The van der Waals surface area contributed by atoms with Crippen LogP contribution in [0.4, 0.5) is 20.2 Å². The third-order valence-corrected chi connectivity index (χ3v) is 3.34. The highest BCUT2D eigenvalue weighted by atomic mass is 19.2. The zero-order chi connectivity index (χ0) is 13.7. The maximum Gasteiger partial charge on any atom is 0.263 e. The fourth-order valence-corrected chi connectivity index (χ4v) is 2.40. The van der Waals surface area contributed by atoms with Crippen molar-refractivity contribution >= 4 is 23.2 Å². The van der Waals surface area contributed by atoms with Gasteiger partial charge in [-0.05, 0) is 25.0 Å². The Balaban J connectivity index is 2.14. The predicted octanol–water partition coefficient (Wildman–Crippen LogP) is 0.968. The Hall–Kier alpha value is -2.02. The summed E-state index contributed by atoms with van der Waals surface area (Å²) in [6.07, 6.45) is -0.792. The molecule has 1 aromatic carbocycles. The van der Waals surface area contributed by atoms with E-state index in [1.807, 2.05) is 0 Å². The molecule has 2 heterocycles. The third kappa shape index (κ3) is 1.61. The molecule has 3 rings (SSSR count). The second-order valence-electron chi connectivity index (χ2n) is 4.50. The fraction of sp³-hybridized carbons (Fsp3) is 0.333. The monoisotopic (exact) mass is 268 g/mol. The number of hydrogen-bond acceptors (Lipinski definition) is 4. The van der Waals surface area contributed by atoms with Crippen LogP contribution >= 0.6 is 0 Å². The van der Waals surface area contributed by atoms with Crippen molar-refractivity contribution in [3.8, 4) is 0 Å². The van der Waals surface area contributed by atoms with Crippen LogP contribution < -0.4 is 10.6 Å². The fourth-order valence-electron chi connectivity index (χ4n) is 2.40. The molecule has 0 radical (unpaired) electrons. The van der Waals surface area contributed by atoms with Gasteiger partial charge in [0.1, 0.15) is 17.9 Å². The number of imide groups is 1. The SMILES string of the molecule is Nc1ccc(F)c(F)c1N1C(=O)C2CCC(O2)C1=O. The molecule has 2 N–H and O–H groups in total. The number of amides is 2. The minimum absolute atomic E-state index is 0.165. The van der Waals surface area contributed by atoms with Crippen LogP contribution in [-0.4, -0.2) is 24.0 Å². The topological polar surface area (TPSA) is 72.6 Å². The lowest BCUT2D eigenvalue weighted by molar-refractivity contribution is -0.146. The summed E-state index contributed by atoms with van der Waals surface area (Å²) in [7, 11) is 0. The van der Waals surface area contributed by atoms with Crippen molar-refractivity contribution in [2.75, 3.05) is 10.6 Å². The molecule has 2 unspecified atom stereocenters. The van der Waals surface area contributed by atoms with E-state index in [9.17, 15) is 18.4 Å². The first-order chi connectivity index (χ1) is 9.00. The average Bonchev–Trinajstić information content (AvgIpc) is 2.83. The largest absolute Gasteiger partial charge is 0.397 e. The van der Waals surface area contributed by atoms with Crippen LogP contribution in [0.15, 0.2) is 12.1 Å². The highest BCUT2D eigenvalue weighted by molar-refractivity contribution is 6.21. The number of benzene rings is 1. The van der Waals surface area contributed by atoms with Crippen LogP contribution in [-0.2, 0) is 14.3 Å². The Kier molecular flexibility index (Phi) is 2.53. The molecule has 0 aromatic heterocycles. The number of hydrogen-bond donors (Lipinski definition) is 1. The summed E-state index contributed by atoms with van der Waals surface area (Å²) in [6, 6.07) is 1.96. The number of carbonyl (C=O) groups is 2. The van der Waals surface area contributed by atoms with Crippen molar-refractivity contribution in [2.24, 2.45) is 0 Å². The molecular formula is C12H10F2N2O3. The smallest absolute Gasteiger partial charge is 0.263 e. The van der Waals surface area contributed by atoms with Crippen molar-refractivity contribution in [3.63, 3.8) is 0 Å². The average molecular weight is 268 g/mol. The van der Waals surface area contributed by atoms with Gasteiger partial charge in [-0.25, -0.2) is 13.7 Å². The van der Waals surface area contributed by atoms with Gasteiger partial charge in [-0.15, -0.1) is 0 Å². The molecule has 5 nitrogen and oxygen atoms in total. The molecule has 100 valence electrons. The van der Waals surface area contributed by atoms with E-state index in [2.05, 4.69) is 0 Å². The summed E-state index contributed by atoms with van der Waals surface area (Å²) in [5.41, 5.74) is 4.88. The molecule has 7 heteroatoms. The summed E-state index contributed by atoms with van der Waals surface area (Å²) < 4.78 is 32.3. The molecule has 0 spiro atoms. The molecule has 2 atom stereocenters. The maximum atomic E-state index is 13.8. The van der Waals surface area contributed by atoms with Crippen molar-refractivity contribution < 1.29 is 23.1 Å². The molecule has 2 amide bonds. The lowest BCUT2D eigenvalue weighted by Gasteiger charge is -2.30. The molecular weight excluding hydrogens is 258 g/mol. The second-order valence-corrected chi connectivity index (χ2v) is 4.50. The maximum absolute atomic E-state index is 13.8. The molecule has 19 heavy (non-hydrogen) atoms. The zero-order valence-corrected chi connectivity index (χ0v) is 9.73. The van der Waals surface area contributed by atoms with Gasteiger partial charge in [0, 0.05) is 0 Å². The van der Waals surface area contributed by atoms with Crippen molar-refractivity contribution in [3.05, 3.63) is 23.8 Å². The first-order valence-corrected chi connectivity index (χ1v) is 5.77. The number of nitrogen functional groups attached to an aromatic ring is 1. The number of nitrogens with two attached hydrogens (primary N) is 1. The van der Waals surface area contributed by atoms with Crippen molar-refractivity contribution in [1.82, 2.24) is 0 Å². The van der Waals surface area contributed by atoms with E-state index in [0.29, 0.717) is 17.7 Å². The van der Waals surface area contributed by atoms with Crippen molar-refractivity contribution in [1.29, 1.82) is 0 Å². The van der Waals surface area contributed by atoms with Gasteiger partial charge >= 0.3 is 0 Å². The summed E-state index contributed by atoms with van der Waals surface area (Å²) in [5, 5.41) is 0. The van der Waals surface area contributed by atoms with E-state index in [0.717, 1.165) is 12.1 Å². The lowest BCUT2D eigenvalue weighted by Crippen LogP contribution is -2.52. The number of halogens is 2. The van der Waals surface area contributed by atoms with Crippen LogP contribution in [0.1, 0.15) is 12.8 Å². The third-order valence-electron chi connectivity index (χ3n) is 3.34. The molecule has 2 saturated heterocycles. The van der Waals surface area contributed by atoms with Gasteiger partial charge < -0.3 is 10.5 Å². The second kappa shape index (κ2) is 3.99. The van der Waals surface area contributed by atoms with Gasteiger partial charge in [-0.3, -0.25) is 9.59 Å². The number of carbonyl (C=O) groups excluding carboxylic acids is 2. The Morgan fingerprint density at radius 2 is 1.74 bits per heavy atom. The van der Waals surface area contributed by atoms with Gasteiger partial charge in [0.15, 0.2) is 11.6 Å². The normalized spacial score (nSPS) is 26.1. The number of fused-ring (bicyclic) bond motifs is 2. The summed E-state index contributed by atoms with van der Waals surface area (Å²) in [6.45, 7) is 0. The van der Waals surface area contributed by atoms with Gasteiger partial charge in [-0.1, -0.05) is 0 Å². The minimum atomic E-state index is -1.30. The van der Waals surface area contributed by atoms with Crippen LogP contribution in [0, 0.1) is 11.6 Å².